The van der Waals surface area contributed by atoms with Crippen LogP contribution in [0, 0.1) is 0 Å². The summed E-state index contributed by atoms with van der Waals surface area (Å²) in [7, 11) is 0. The van der Waals surface area contributed by atoms with E-state index in [2.05, 4.69) is 22.5 Å². The van der Waals surface area contributed by atoms with Crippen LogP contribution in [0.3, 0.4) is 0 Å². The fraction of sp³-hybridized carbons (Fsp3) is 0.750. The number of imidazole rings is 1. The van der Waals surface area contributed by atoms with Crippen molar-refractivity contribution in [1.82, 2.24) is 9.55 Å². The Labute approximate surface area is 101 Å². The Hall–Kier alpha value is -0.480. The Kier molecular flexibility index (Phi) is 2.94. The Bertz CT molecular complexity index is 368. The fourth-order valence-electron chi connectivity index (χ4n) is 2.70. The largest absolute Gasteiger partial charge is 0.319 e. The Balaban J connectivity index is 1.85. The molecule has 2 atom stereocenters. The minimum absolute atomic E-state index is 0.168. The number of nitrogens with two attached hydrogens (primary N) is 1. The van der Waals surface area contributed by atoms with Crippen LogP contribution in [0.25, 0.3) is 0 Å². The van der Waals surface area contributed by atoms with Gasteiger partial charge < -0.3 is 10.3 Å². The molecular weight excluding hydrogens is 218 g/mol. The Morgan fingerprint density at radius 3 is 3.06 bits per heavy atom. The molecular formula is C12H19N3S. The number of hydrogen-bond acceptors (Lipinski definition) is 3. The lowest BCUT2D eigenvalue weighted by molar-refractivity contribution is 0.408. The molecule has 16 heavy (non-hydrogen) atoms. The molecule has 2 unspecified atom stereocenters. The van der Waals surface area contributed by atoms with Gasteiger partial charge in [0.1, 0.15) is 5.82 Å². The van der Waals surface area contributed by atoms with Crippen molar-refractivity contribution in [3.63, 3.8) is 0 Å². The number of rotatable bonds is 1. The zero-order valence-corrected chi connectivity index (χ0v) is 10.4. The number of aromatic nitrogens is 2. The van der Waals surface area contributed by atoms with Crippen LogP contribution in [0.2, 0.25) is 0 Å². The zero-order valence-electron chi connectivity index (χ0n) is 9.56. The SMILES string of the molecule is NC1CCCc2nc(C3CCCSC3)cn21. The maximum atomic E-state index is 6.11. The van der Waals surface area contributed by atoms with Gasteiger partial charge in [0.15, 0.2) is 0 Å². The van der Waals surface area contributed by atoms with Crippen molar-refractivity contribution in [3.8, 4) is 0 Å². The third-order valence-corrected chi connectivity index (χ3v) is 4.88. The van der Waals surface area contributed by atoms with Gasteiger partial charge in [0, 0.05) is 24.3 Å². The van der Waals surface area contributed by atoms with Crippen molar-refractivity contribution < 1.29 is 0 Å². The average Bonchev–Trinajstić information content (AvgIpc) is 2.76. The standard InChI is InChI=1S/C12H19N3S/c13-11-4-1-5-12-14-10(7-15(11)12)9-3-2-6-16-8-9/h7,9,11H,1-6,8,13H2. The highest BCUT2D eigenvalue weighted by molar-refractivity contribution is 7.99. The van der Waals surface area contributed by atoms with Gasteiger partial charge in [-0.25, -0.2) is 4.98 Å². The van der Waals surface area contributed by atoms with Crippen LogP contribution in [0.5, 0.6) is 0 Å². The molecule has 3 nitrogen and oxygen atoms in total. The van der Waals surface area contributed by atoms with Crippen molar-refractivity contribution in [1.29, 1.82) is 0 Å². The van der Waals surface area contributed by atoms with Crippen molar-refractivity contribution in [2.24, 2.45) is 5.73 Å². The minimum Gasteiger partial charge on any atom is -0.319 e. The van der Waals surface area contributed by atoms with E-state index in [1.54, 1.807) is 0 Å². The van der Waals surface area contributed by atoms with E-state index in [0.717, 1.165) is 12.8 Å². The highest BCUT2D eigenvalue weighted by Crippen LogP contribution is 2.32. The van der Waals surface area contributed by atoms with Crippen LogP contribution < -0.4 is 5.73 Å². The fourth-order valence-corrected chi connectivity index (χ4v) is 3.86. The molecule has 1 saturated heterocycles. The molecule has 0 aromatic carbocycles. The molecule has 0 bridgehead atoms. The molecule has 0 saturated carbocycles. The second kappa shape index (κ2) is 4.41. The van der Waals surface area contributed by atoms with Gasteiger partial charge in [-0.15, -0.1) is 0 Å². The molecule has 2 aliphatic rings. The normalized spacial score (nSPS) is 30.1. The summed E-state index contributed by atoms with van der Waals surface area (Å²) in [6.45, 7) is 0. The van der Waals surface area contributed by atoms with Gasteiger partial charge in [-0.3, -0.25) is 0 Å². The molecule has 4 heteroatoms. The molecule has 0 aliphatic carbocycles. The first kappa shape index (κ1) is 10.7. The van der Waals surface area contributed by atoms with Crippen molar-refractivity contribution in [2.45, 2.75) is 44.2 Å². The van der Waals surface area contributed by atoms with Crippen LogP contribution in [-0.4, -0.2) is 21.1 Å². The van der Waals surface area contributed by atoms with Gasteiger partial charge in [-0.1, -0.05) is 0 Å². The van der Waals surface area contributed by atoms with E-state index in [-0.39, 0.29) is 6.17 Å². The van der Waals surface area contributed by atoms with E-state index in [4.69, 9.17) is 10.7 Å². The predicted octanol–water partition coefficient (Wildman–Crippen LogP) is 2.29. The average molecular weight is 237 g/mol. The second-order valence-corrected chi connectivity index (χ2v) is 6.01. The van der Waals surface area contributed by atoms with Gasteiger partial charge in [0.2, 0.25) is 0 Å². The molecule has 2 aliphatic heterocycles. The Morgan fingerprint density at radius 1 is 1.38 bits per heavy atom. The predicted molar refractivity (Wildman–Crippen MR) is 67.7 cm³/mol. The summed E-state index contributed by atoms with van der Waals surface area (Å²) in [5, 5.41) is 0. The summed E-state index contributed by atoms with van der Waals surface area (Å²) in [4.78, 5) is 4.79. The summed E-state index contributed by atoms with van der Waals surface area (Å²) in [5.41, 5.74) is 7.40. The third kappa shape index (κ3) is 1.89. The van der Waals surface area contributed by atoms with E-state index in [0.29, 0.717) is 5.92 Å². The first-order valence-electron chi connectivity index (χ1n) is 6.25. The summed E-state index contributed by atoms with van der Waals surface area (Å²) in [6.07, 6.45) is 8.42. The highest BCUT2D eigenvalue weighted by Gasteiger charge is 2.23. The van der Waals surface area contributed by atoms with Gasteiger partial charge in [0.05, 0.1) is 11.9 Å². The number of aryl methyl sites for hydroxylation is 1. The van der Waals surface area contributed by atoms with Gasteiger partial charge in [-0.2, -0.15) is 11.8 Å². The molecule has 0 spiro atoms. The van der Waals surface area contributed by atoms with Crippen LogP contribution in [0.4, 0.5) is 0 Å². The van der Waals surface area contributed by atoms with Gasteiger partial charge >= 0.3 is 0 Å². The molecule has 88 valence electrons. The number of thioether (sulfide) groups is 1. The third-order valence-electron chi connectivity index (χ3n) is 3.66. The van der Waals surface area contributed by atoms with E-state index in [1.807, 2.05) is 0 Å². The smallest absolute Gasteiger partial charge is 0.110 e. The van der Waals surface area contributed by atoms with E-state index < -0.39 is 0 Å². The van der Waals surface area contributed by atoms with E-state index in [9.17, 15) is 0 Å². The second-order valence-electron chi connectivity index (χ2n) is 4.86. The zero-order chi connectivity index (χ0) is 11.0. The molecule has 0 amide bonds. The minimum atomic E-state index is 0.168. The first-order valence-corrected chi connectivity index (χ1v) is 7.41. The molecule has 3 heterocycles. The number of fused-ring (bicyclic) bond motifs is 1. The number of nitrogens with zero attached hydrogens (tertiary/aromatic N) is 2. The lowest BCUT2D eigenvalue weighted by atomic mass is 10.0. The Morgan fingerprint density at radius 2 is 2.31 bits per heavy atom. The lowest BCUT2D eigenvalue weighted by Crippen LogP contribution is -2.24. The molecule has 0 radical (unpaired) electrons. The van der Waals surface area contributed by atoms with Gasteiger partial charge in [0.25, 0.3) is 0 Å². The highest BCUT2D eigenvalue weighted by atomic mass is 32.2. The van der Waals surface area contributed by atoms with Crippen LogP contribution >= 0.6 is 11.8 Å². The molecule has 1 aromatic heterocycles. The maximum Gasteiger partial charge on any atom is 0.110 e. The monoisotopic (exact) mass is 237 g/mol. The summed E-state index contributed by atoms with van der Waals surface area (Å²) < 4.78 is 2.21. The molecule has 1 aromatic rings. The lowest BCUT2D eigenvalue weighted by Gasteiger charge is -2.20. The van der Waals surface area contributed by atoms with Crippen LogP contribution in [0.1, 0.15) is 49.3 Å². The van der Waals surface area contributed by atoms with E-state index in [1.165, 1.54) is 42.3 Å². The van der Waals surface area contributed by atoms with Crippen molar-refractivity contribution in [3.05, 3.63) is 17.7 Å². The van der Waals surface area contributed by atoms with Crippen molar-refractivity contribution >= 4 is 11.8 Å². The van der Waals surface area contributed by atoms with E-state index >= 15 is 0 Å². The molecule has 3 rings (SSSR count). The van der Waals surface area contributed by atoms with Crippen LogP contribution in [-0.2, 0) is 6.42 Å². The van der Waals surface area contributed by atoms with Crippen molar-refractivity contribution in [2.75, 3.05) is 11.5 Å². The maximum absolute atomic E-state index is 6.11. The molecule has 2 N–H and O–H groups in total. The molecule has 1 fully saturated rings. The van der Waals surface area contributed by atoms with Crippen LogP contribution in [0.15, 0.2) is 6.20 Å². The topological polar surface area (TPSA) is 43.8 Å². The summed E-state index contributed by atoms with van der Waals surface area (Å²) in [5.74, 6) is 4.45. The first-order chi connectivity index (χ1) is 7.84. The number of hydrogen-bond donors (Lipinski definition) is 1. The summed E-state index contributed by atoms with van der Waals surface area (Å²) >= 11 is 2.06. The summed E-state index contributed by atoms with van der Waals surface area (Å²) in [6, 6.07) is 0. The quantitative estimate of drug-likeness (QED) is 0.815. The van der Waals surface area contributed by atoms with Gasteiger partial charge in [-0.05, 0) is 31.4 Å².